The molecule has 0 atom stereocenters. The van der Waals surface area contributed by atoms with Crippen LogP contribution in [0.2, 0.25) is 0 Å². The van der Waals surface area contributed by atoms with Crippen LogP contribution in [0.5, 0.6) is 0 Å². The molecule has 0 bridgehead atoms. The highest BCUT2D eigenvalue weighted by Gasteiger charge is 2.38. The van der Waals surface area contributed by atoms with Gasteiger partial charge < -0.3 is 10.6 Å². The Morgan fingerprint density at radius 2 is 1.90 bits per heavy atom. The standard InChI is InChI=1S/C14H18B2N2O.C2H6/c1-9(2)11-7-18(8-11)14(15,16)12-5-3-4-10(6-12)13(17)19;1-2/h3-6,9,11H,7-8H2,1-2H3,(H2,17,19);1-2H3. The first-order valence-electron chi connectivity index (χ1n) is 7.55. The Kier molecular flexibility index (Phi) is 6.09. The zero-order valence-electron chi connectivity index (χ0n) is 13.5. The number of nitrogens with zero attached hydrogens (tertiary/aromatic N) is 1. The van der Waals surface area contributed by atoms with Crippen LogP contribution in [0.3, 0.4) is 0 Å². The molecule has 0 aliphatic carbocycles. The minimum Gasteiger partial charge on any atom is -0.366 e. The van der Waals surface area contributed by atoms with Gasteiger partial charge in [-0.15, -0.1) is 0 Å². The Morgan fingerprint density at radius 3 is 2.38 bits per heavy atom. The lowest BCUT2D eigenvalue weighted by Gasteiger charge is -2.52. The van der Waals surface area contributed by atoms with E-state index in [2.05, 4.69) is 13.8 Å². The highest BCUT2D eigenvalue weighted by molar-refractivity contribution is 6.39. The number of benzene rings is 1. The van der Waals surface area contributed by atoms with E-state index in [4.69, 9.17) is 21.4 Å². The number of rotatable bonds is 4. The van der Waals surface area contributed by atoms with Crippen molar-refractivity contribution in [3.05, 3.63) is 35.4 Å². The zero-order valence-corrected chi connectivity index (χ0v) is 13.5. The maximum atomic E-state index is 11.2. The Labute approximate surface area is 131 Å². The molecule has 1 saturated heterocycles. The number of hydrogen-bond donors (Lipinski definition) is 1. The molecule has 1 heterocycles. The van der Waals surface area contributed by atoms with Gasteiger partial charge in [-0.05, 0) is 34.9 Å². The Hall–Kier alpha value is -1.22. The predicted molar refractivity (Wildman–Crippen MR) is 89.4 cm³/mol. The molecule has 0 saturated carbocycles. The number of carbonyl (C=O) groups excluding carboxylic acids is 1. The Morgan fingerprint density at radius 1 is 1.33 bits per heavy atom. The number of likely N-dealkylation sites (tertiary alicyclic amines) is 1. The number of primary amides is 1. The Balaban J connectivity index is 0.00000106. The molecule has 1 aromatic carbocycles. The highest BCUT2D eigenvalue weighted by Crippen LogP contribution is 2.33. The summed E-state index contributed by atoms with van der Waals surface area (Å²) in [5.74, 6) is 0.788. The summed E-state index contributed by atoms with van der Waals surface area (Å²) < 4.78 is 0. The average Bonchev–Trinajstić information content (AvgIpc) is 2.38. The van der Waals surface area contributed by atoms with Crippen LogP contribution in [0.1, 0.15) is 43.6 Å². The molecule has 1 aliphatic rings. The zero-order chi connectivity index (χ0) is 16.2. The Bertz CT molecular complexity index is 483. The second-order valence-corrected chi connectivity index (χ2v) is 5.68. The molecule has 1 aliphatic heterocycles. The average molecular weight is 282 g/mol. The van der Waals surface area contributed by atoms with Crippen molar-refractivity contribution in [2.45, 2.75) is 33.0 Å². The molecule has 2 rings (SSSR count). The fourth-order valence-electron chi connectivity index (χ4n) is 2.34. The molecule has 21 heavy (non-hydrogen) atoms. The normalized spacial score (nSPS) is 16.0. The van der Waals surface area contributed by atoms with Crippen LogP contribution >= 0.6 is 0 Å². The van der Waals surface area contributed by atoms with Gasteiger partial charge in [-0.2, -0.15) is 0 Å². The van der Waals surface area contributed by atoms with Crippen molar-refractivity contribution < 1.29 is 4.79 Å². The van der Waals surface area contributed by atoms with Gasteiger partial charge in [-0.25, -0.2) is 0 Å². The maximum absolute atomic E-state index is 11.2. The third-order valence-electron chi connectivity index (χ3n) is 3.99. The first-order chi connectivity index (χ1) is 9.82. The van der Waals surface area contributed by atoms with E-state index >= 15 is 0 Å². The lowest BCUT2D eigenvalue weighted by atomic mass is 9.55. The van der Waals surface area contributed by atoms with Crippen LogP contribution in [0.4, 0.5) is 0 Å². The number of nitrogens with two attached hydrogens (primary N) is 1. The molecule has 0 spiro atoms. The summed E-state index contributed by atoms with van der Waals surface area (Å²) in [6.45, 7) is 10.2. The molecular weight excluding hydrogens is 258 g/mol. The van der Waals surface area contributed by atoms with Crippen molar-refractivity contribution in [2.75, 3.05) is 13.1 Å². The molecule has 1 amide bonds. The molecule has 5 heteroatoms. The quantitative estimate of drug-likeness (QED) is 0.856. The van der Waals surface area contributed by atoms with Gasteiger partial charge in [0.25, 0.3) is 0 Å². The predicted octanol–water partition coefficient (Wildman–Crippen LogP) is 1.85. The fourth-order valence-corrected chi connectivity index (χ4v) is 2.34. The van der Waals surface area contributed by atoms with Crippen LogP contribution in [0, 0.1) is 11.8 Å². The monoisotopic (exact) mass is 282 g/mol. The smallest absolute Gasteiger partial charge is 0.248 e. The van der Waals surface area contributed by atoms with E-state index in [1.54, 1.807) is 18.2 Å². The van der Waals surface area contributed by atoms with Gasteiger partial charge in [0.1, 0.15) is 0 Å². The third-order valence-corrected chi connectivity index (χ3v) is 3.99. The molecule has 0 unspecified atom stereocenters. The summed E-state index contributed by atoms with van der Waals surface area (Å²) in [4.78, 5) is 13.2. The highest BCUT2D eigenvalue weighted by atomic mass is 16.1. The molecule has 0 aromatic heterocycles. The first kappa shape index (κ1) is 17.8. The van der Waals surface area contributed by atoms with Crippen LogP contribution in [-0.4, -0.2) is 39.6 Å². The maximum Gasteiger partial charge on any atom is 0.248 e. The van der Waals surface area contributed by atoms with E-state index in [-0.39, 0.29) is 0 Å². The van der Waals surface area contributed by atoms with Crippen molar-refractivity contribution in [1.82, 2.24) is 4.90 Å². The molecule has 1 fully saturated rings. The minimum atomic E-state index is -1.04. The van der Waals surface area contributed by atoms with Gasteiger partial charge in [0.15, 0.2) is 0 Å². The second kappa shape index (κ2) is 7.17. The van der Waals surface area contributed by atoms with Gasteiger partial charge >= 0.3 is 0 Å². The van der Waals surface area contributed by atoms with Crippen molar-refractivity contribution in [1.29, 1.82) is 0 Å². The molecule has 3 nitrogen and oxygen atoms in total. The topological polar surface area (TPSA) is 46.3 Å². The van der Waals surface area contributed by atoms with Gasteiger partial charge in [0.05, 0.1) is 15.7 Å². The minimum absolute atomic E-state index is 0.429. The fraction of sp³-hybridized carbons (Fsp3) is 0.562. The van der Waals surface area contributed by atoms with Crippen LogP contribution in [0.15, 0.2) is 24.3 Å². The van der Waals surface area contributed by atoms with Crippen molar-refractivity contribution in [3.63, 3.8) is 0 Å². The van der Waals surface area contributed by atoms with E-state index in [9.17, 15) is 4.79 Å². The van der Waals surface area contributed by atoms with Crippen LogP contribution in [-0.2, 0) is 5.34 Å². The summed E-state index contributed by atoms with van der Waals surface area (Å²) >= 11 is 0. The van der Waals surface area contributed by atoms with Crippen molar-refractivity contribution in [2.24, 2.45) is 17.6 Å². The SMILES string of the molecule is CC.[B]C([B])(c1cccc(C(N)=O)c1)N1CC(C(C)C)C1. The van der Waals surface area contributed by atoms with E-state index < -0.39 is 11.2 Å². The van der Waals surface area contributed by atoms with Gasteiger partial charge in [0.2, 0.25) is 5.91 Å². The van der Waals surface area contributed by atoms with E-state index in [1.165, 1.54) is 0 Å². The first-order valence-corrected chi connectivity index (χ1v) is 7.55. The lowest BCUT2D eigenvalue weighted by Crippen LogP contribution is -2.60. The summed E-state index contributed by atoms with van der Waals surface area (Å²) in [7, 11) is 12.5. The van der Waals surface area contributed by atoms with Crippen LogP contribution < -0.4 is 5.73 Å². The number of hydrogen-bond acceptors (Lipinski definition) is 2. The molecule has 110 valence electrons. The third kappa shape index (κ3) is 3.91. The summed E-state index contributed by atoms with van der Waals surface area (Å²) in [6.07, 6.45) is 0. The van der Waals surface area contributed by atoms with Gasteiger partial charge in [0, 0.05) is 18.7 Å². The summed E-state index contributed by atoms with van der Waals surface area (Å²) in [6, 6.07) is 6.92. The molecule has 1 aromatic rings. The molecule has 2 N–H and O–H groups in total. The largest absolute Gasteiger partial charge is 0.366 e. The van der Waals surface area contributed by atoms with Gasteiger partial charge in [-0.1, -0.05) is 39.8 Å². The van der Waals surface area contributed by atoms with E-state index in [0.717, 1.165) is 13.1 Å². The summed E-state index contributed by atoms with van der Waals surface area (Å²) in [5.41, 5.74) is 6.42. The van der Waals surface area contributed by atoms with Gasteiger partial charge in [-0.3, -0.25) is 4.79 Å². The second-order valence-electron chi connectivity index (χ2n) is 5.68. The van der Waals surface area contributed by atoms with Crippen molar-refractivity contribution in [3.8, 4) is 0 Å². The molecule has 4 radical (unpaired) electrons. The van der Waals surface area contributed by atoms with E-state index in [1.807, 2.05) is 24.8 Å². The summed E-state index contributed by atoms with van der Waals surface area (Å²) in [5, 5.41) is -1.04. The molecular formula is C16H24B2N2O. The van der Waals surface area contributed by atoms with E-state index in [0.29, 0.717) is 23.0 Å². The lowest BCUT2D eigenvalue weighted by molar-refractivity contribution is 0.0386. The van der Waals surface area contributed by atoms with Crippen LogP contribution in [0.25, 0.3) is 0 Å². The number of carbonyl (C=O) groups is 1. The number of amides is 1. The van der Waals surface area contributed by atoms with Crippen molar-refractivity contribution >= 4 is 21.6 Å².